The predicted molar refractivity (Wildman–Crippen MR) is 123 cm³/mol. The smallest absolute Gasteiger partial charge is 0.253 e. The molecule has 1 aromatic carbocycles. The van der Waals surface area contributed by atoms with Crippen molar-refractivity contribution in [1.82, 2.24) is 15.5 Å². The first-order valence-electron chi connectivity index (χ1n) is 11.8. The van der Waals surface area contributed by atoms with Gasteiger partial charge in [-0.1, -0.05) is 12.1 Å². The van der Waals surface area contributed by atoms with Crippen molar-refractivity contribution in [2.45, 2.75) is 45.6 Å². The Morgan fingerprint density at radius 3 is 2.71 bits per heavy atom. The number of amides is 1. The Balaban J connectivity index is 1.38. The van der Waals surface area contributed by atoms with Crippen LogP contribution in [-0.4, -0.2) is 69.4 Å². The van der Waals surface area contributed by atoms with E-state index in [9.17, 15) is 4.79 Å². The van der Waals surface area contributed by atoms with Crippen LogP contribution in [-0.2, 0) is 16.0 Å². The molecule has 2 fully saturated rings. The standard InChI is InChI=1S/C24H38N4O3/c1-2-25-24(26-12-6-15-30-18-21-11-16-31-19-21)27-17-20-7-9-22(10-8-20)23(29)28-13-4-3-5-14-28/h7-10,21H,2-6,11-19H2,1H3,(H2,25,26,27). The van der Waals surface area contributed by atoms with Crippen molar-refractivity contribution in [3.63, 3.8) is 0 Å². The van der Waals surface area contributed by atoms with Gasteiger partial charge in [-0.05, 0) is 56.7 Å². The highest BCUT2D eigenvalue weighted by atomic mass is 16.5. The molecule has 2 aliphatic rings. The van der Waals surface area contributed by atoms with Crippen molar-refractivity contribution in [2.24, 2.45) is 10.9 Å². The van der Waals surface area contributed by atoms with E-state index in [1.54, 1.807) is 0 Å². The molecule has 0 radical (unpaired) electrons. The molecule has 0 bridgehead atoms. The van der Waals surface area contributed by atoms with Crippen molar-refractivity contribution < 1.29 is 14.3 Å². The molecule has 7 nitrogen and oxygen atoms in total. The fraction of sp³-hybridized carbons (Fsp3) is 0.667. The van der Waals surface area contributed by atoms with E-state index in [0.29, 0.717) is 12.5 Å². The summed E-state index contributed by atoms with van der Waals surface area (Å²) in [6.07, 6.45) is 5.50. The van der Waals surface area contributed by atoms with E-state index in [2.05, 4.69) is 22.5 Å². The van der Waals surface area contributed by atoms with Crippen molar-refractivity contribution in [3.8, 4) is 0 Å². The number of ether oxygens (including phenoxy) is 2. The van der Waals surface area contributed by atoms with Gasteiger partial charge in [0.2, 0.25) is 0 Å². The zero-order valence-corrected chi connectivity index (χ0v) is 18.9. The van der Waals surface area contributed by atoms with Crippen LogP contribution >= 0.6 is 0 Å². The molecular weight excluding hydrogens is 392 g/mol. The van der Waals surface area contributed by atoms with Gasteiger partial charge in [0, 0.05) is 50.9 Å². The van der Waals surface area contributed by atoms with Gasteiger partial charge in [-0.15, -0.1) is 0 Å². The third-order valence-corrected chi connectivity index (χ3v) is 5.74. The highest BCUT2D eigenvalue weighted by Crippen LogP contribution is 2.14. The van der Waals surface area contributed by atoms with E-state index < -0.39 is 0 Å². The van der Waals surface area contributed by atoms with Crippen LogP contribution in [0.3, 0.4) is 0 Å². The number of benzene rings is 1. The first-order valence-corrected chi connectivity index (χ1v) is 11.8. The van der Waals surface area contributed by atoms with Gasteiger partial charge in [0.15, 0.2) is 5.96 Å². The lowest BCUT2D eigenvalue weighted by Gasteiger charge is -2.26. The average Bonchev–Trinajstić information content (AvgIpc) is 3.33. The lowest BCUT2D eigenvalue weighted by Crippen LogP contribution is -2.38. The monoisotopic (exact) mass is 430 g/mol. The molecule has 2 heterocycles. The molecule has 2 aliphatic heterocycles. The summed E-state index contributed by atoms with van der Waals surface area (Å²) in [6.45, 7) is 9.27. The number of likely N-dealkylation sites (tertiary alicyclic amines) is 1. The third kappa shape index (κ3) is 8.15. The number of carbonyl (C=O) groups excluding carboxylic acids is 1. The van der Waals surface area contributed by atoms with E-state index in [0.717, 1.165) is 95.4 Å². The van der Waals surface area contributed by atoms with Crippen LogP contribution in [0.5, 0.6) is 0 Å². The predicted octanol–water partition coefficient (Wildman–Crippen LogP) is 2.81. The molecule has 0 saturated carbocycles. The summed E-state index contributed by atoms with van der Waals surface area (Å²) in [6, 6.07) is 7.86. The number of nitrogens with zero attached hydrogens (tertiary/aromatic N) is 2. The molecule has 1 aromatic rings. The minimum Gasteiger partial charge on any atom is -0.381 e. The Bertz CT molecular complexity index is 681. The fourth-order valence-electron chi connectivity index (χ4n) is 3.89. The molecular formula is C24H38N4O3. The molecule has 31 heavy (non-hydrogen) atoms. The number of guanidine groups is 1. The first kappa shape index (κ1) is 23.5. The molecule has 172 valence electrons. The number of rotatable bonds is 10. The number of hydrogen-bond donors (Lipinski definition) is 2. The largest absolute Gasteiger partial charge is 0.381 e. The lowest BCUT2D eigenvalue weighted by atomic mass is 10.1. The number of carbonyl (C=O) groups is 1. The second-order valence-electron chi connectivity index (χ2n) is 8.33. The van der Waals surface area contributed by atoms with Crippen molar-refractivity contribution >= 4 is 11.9 Å². The number of nitrogens with one attached hydrogen (secondary N) is 2. The molecule has 1 amide bonds. The van der Waals surface area contributed by atoms with Crippen LogP contribution in [0.15, 0.2) is 29.3 Å². The minimum atomic E-state index is 0.146. The summed E-state index contributed by atoms with van der Waals surface area (Å²) in [5.41, 5.74) is 1.86. The van der Waals surface area contributed by atoms with Crippen molar-refractivity contribution in [3.05, 3.63) is 35.4 Å². The Morgan fingerprint density at radius 1 is 1.19 bits per heavy atom. The number of aliphatic imine (C=N–C) groups is 1. The van der Waals surface area contributed by atoms with Gasteiger partial charge in [-0.3, -0.25) is 4.79 Å². The van der Waals surface area contributed by atoms with Gasteiger partial charge in [0.1, 0.15) is 0 Å². The molecule has 7 heteroatoms. The first-order chi connectivity index (χ1) is 15.3. The van der Waals surface area contributed by atoms with Gasteiger partial charge < -0.3 is 25.0 Å². The highest BCUT2D eigenvalue weighted by molar-refractivity contribution is 5.94. The zero-order chi connectivity index (χ0) is 21.7. The molecule has 0 spiro atoms. The van der Waals surface area contributed by atoms with Crippen LogP contribution in [0.25, 0.3) is 0 Å². The van der Waals surface area contributed by atoms with Crippen LogP contribution in [0.2, 0.25) is 0 Å². The normalized spacial score (nSPS) is 19.5. The maximum Gasteiger partial charge on any atom is 0.253 e. The topological polar surface area (TPSA) is 75.2 Å². The summed E-state index contributed by atoms with van der Waals surface area (Å²) in [4.78, 5) is 19.2. The number of hydrogen-bond acceptors (Lipinski definition) is 4. The Kier molecular flexibility index (Phi) is 10.1. The number of piperidine rings is 1. The molecule has 1 atom stereocenters. The molecule has 0 aliphatic carbocycles. The van der Waals surface area contributed by atoms with Crippen molar-refractivity contribution in [1.29, 1.82) is 0 Å². The average molecular weight is 431 g/mol. The summed E-state index contributed by atoms with van der Waals surface area (Å²) in [5, 5.41) is 6.65. The molecule has 1 unspecified atom stereocenters. The zero-order valence-electron chi connectivity index (χ0n) is 18.9. The summed E-state index contributed by atoms with van der Waals surface area (Å²) in [7, 11) is 0. The van der Waals surface area contributed by atoms with Crippen LogP contribution < -0.4 is 10.6 Å². The second-order valence-corrected chi connectivity index (χ2v) is 8.33. The second kappa shape index (κ2) is 13.3. The van der Waals surface area contributed by atoms with Crippen molar-refractivity contribution in [2.75, 3.05) is 52.6 Å². The van der Waals surface area contributed by atoms with Gasteiger partial charge >= 0.3 is 0 Å². The van der Waals surface area contributed by atoms with Crippen LogP contribution in [0, 0.1) is 5.92 Å². The Morgan fingerprint density at radius 2 is 2.00 bits per heavy atom. The molecule has 2 N–H and O–H groups in total. The fourth-order valence-corrected chi connectivity index (χ4v) is 3.89. The van der Waals surface area contributed by atoms with Gasteiger partial charge in [0.05, 0.1) is 19.8 Å². The summed E-state index contributed by atoms with van der Waals surface area (Å²) in [5.74, 6) is 1.51. The quantitative estimate of drug-likeness (QED) is 0.339. The molecule has 2 saturated heterocycles. The third-order valence-electron chi connectivity index (χ3n) is 5.74. The lowest BCUT2D eigenvalue weighted by molar-refractivity contribution is 0.0724. The minimum absolute atomic E-state index is 0.146. The summed E-state index contributed by atoms with van der Waals surface area (Å²) < 4.78 is 11.1. The molecule has 3 rings (SSSR count). The SMILES string of the molecule is CCNC(=NCc1ccc(C(=O)N2CCCCC2)cc1)NCCCOCC1CCOC1. The van der Waals surface area contributed by atoms with E-state index >= 15 is 0 Å². The van der Waals surface area contributed by atoms with E-state index in [1.165, 1.54) is 6.42 Å². The maximum atomic E-state index is 12.6. The molecule has 0 aromatic heterocycles. The highest BCUT2D eigenvalue weighted by Gasteiger charge is 2.18. The van der Waals surface area contributed by atoms with Gasteiger partial charge in [0.25, 0.3) is 5.91 Å². The van der Waals surface area contributed by atoms with Crippen LogP contribution in [0.1, 0.15) is 54.9 Å². The Hall–Kier alpha value is -2.12. The van der Waals surface area contributed by atoms with E-state index in [4.69, 9.17) is 9.47 Å². The van der Waals surface area contributed by atoms with Gasteiger partial charge in [-0.2, -0.15) is 0 Å². The Labute approximate surface area is 186 Å². The maximum absolute atomic E-state index is 12.6. The van der Waals surface area contributed by atoms with Gasteiger partial charge in [-0.25, -0.2) is 4.99 Å². The van der Waals surface area contributed by atoms with E-state index in [-0.39, 0.29) is 5.91 Å². The summed E-state index contributed by atoms with van der Waals surface area (Å²) >= 11 is 0. The van der Waals surface area contributed by atoms with E-state index in [1.807, 2.05) is 29.2 Å². The van der Waals surface area contributed by atoms with Crippen LogP contribution in [0.4, 0.5) is 0 Å².